The smallest absolute Gasteiger partial charge is 0.355 e. The summed E-state index contributed by atoms with van der Waals surface area (Å²) in [4.78, 5) is 14.8. The Bertz CT molecular complexity index is 934. The minimum Gasteiger partial charge on any atom is -0.355 e. The summed E-state index contributed by atoms with van der Waals surface area (Å²) in [5.41, 5.74) is 0.115. The highest BCUT2D eigenvalue weighted by Gasteiger charge is 2.33. The number of piperidine rings is 1. The highest BCUT2D eigenvalue weighted by atomic mass is 19.4. The summed E-state index contributed by atoms with van der Waals surface area (Å²) >= 11 is 0. The van der Waals surface area contributed by atoms with E-state index in [0.717, 1.165) is 25.7 Å². The van der Waals surface area contributed by atoms with Gasteiger partial charge in [0.2, 0.25) is 0 Å². The molecule has 1 aliphatic heterocycles. The van der Waals surface area contributed by atoms with Crippen LogP contribution in [-0.4, -0.2) is 48.9 Å². The third kappa shape index (κ3) is 6.95. The molecule has 8 heteroatoms. The summed E-state index contributed by atoms with van der Waals surface area (Å²) in [6.07, 6.45) is -0.367. The van der Waals surface area contributed by atoms with Crippen molar-refractivity contribution >= 4 is 23.0 Å². The maximum absolute atomic E-state index is 12.9. The number of para-hydroxylation sites is 1. The van der Waals surface area contributed by atoms with Gasteiger partial charge in [-0.3, -0.25) is 10.2 Å². The van der Waals surface area contributed by atoms with Gasteiger partial charge in [-0.25, -0.2) is 0 Å². The van der Waals surface area contributed by atoms with Gasteiger partial charge in [0.15, 0.2) is 0 Å². The molecule has 170 valence electrons. The van der Waals surface area contributed by atoms with Gasteiger partial charge in [0.25, 0.3) is 5.91 Å². The van der Waals surface area contributed by atoms with Crippen LogP contribution >= 0.6 is 0 Å². The molecule has 1 heterocycles. The van der Waals surface area contributed by atoms with Gasteiger partial charge in [-0.15, -0.1) is 0 Å². The van der Waals surface area contributed by atoms with E-state index in [9.17, 15) is 18.0 Å². The summed E-state index contributed by atoms with van der Waals surface area (Å²) < 4.78 is 38.8. The lowest BCUT2D eigenvalue weighted by Crippen LogP contribution is -2.37. The van der Waals surface area contributed by atoms with Crippen molar-refractivity contribution in [1.29, 1.82) is 5.41 Å². The maximum Gasteiger partial charge on any atom is 0.432 e. The van der Waals surface area contributed by atoms with Crippen LogP contribution < -0.4 is 10.6 Å². The van der Waals surface area contributed by atoms with E-state index < -0.39 is 11.9 Å². The molecule has 0 aromatic heterocycles. The number of nitrogens with zero attached hydrogens (tertiary/aromatic N) is 1. The summed E-state index contributed by atoms with van der Waals surface area (Å²) in [5.74, 6) is -0.224. The molecule has 1 saturated heterocycles. The first-order valence-electron chi connectivity index (χ1n) is 10.6. The Morgan fingerprint density at radius 3 is 2.22 bits per heavy atom. The third-order valence-electron chi connectivity index (χ3n) is 5.27. The molecule has 2 aromatic rings. The van der Waals surface area contributed by atoms with Crippen LogP contribution in [0.4, 0.5) is 18.9 Å². The average Bonchev–Trinajstić information content (AvgIpc) is 2.79. The number of hydrogen-bond donors (Lipinski definition) is 3. The Balaban J connectivity index is 1.68. The molecule has 1 amide bonds. The zero-order valence-corrected chi connectivity index (χ0v) is 17.7. The quantitative estimate of drug-likeness (QED) is 0.506. The van der Waals surface area contributed by atoms with Crippen LogP contribution in [0.15, 0.2) is 60.7 Å². The van der Waals surface area contributed by atoms with E-state index in [1.54, 1.807) is 54.6 Å². The summed E-state index contributed by atoms with van der Waals surface area (Å²) in [6.45, 7) is 3.46. The van der Waals surface area contributed by atoms with Crippen molar-refractivity contribution in [3.05, 3.63) is 71.8 Å². The monoisotopic (exact) mass is 444 g/mol. The predicted molar refractivity (Wildman–Crippen MR) is 121 cm³/mol. The van der Waals surface area contributed by atoms with Crippen LogP contribution in [0.1, 0.15) is 35.2 Å². The first-order chi connectivity index (χ1) is 15.3. The SMILES string of the molecule is N=C(/C=C(\Nc1ccccc1)c1ccc(C(=O)NCCN2CCCCC2)cc1)C(F)(F)F. The van der Waals surface area contributed by atoms with E-state index in [1.165, 1.54) is 19.3 Å². The number of allylic oxidation sites excluding steroid dienone is 1. The molecule has 0 bridgehead atoms. The molecular formula is C24H27F3N4O. The van der Waals surface area contributed by atoms with Gasteiger partial charge in [-0.05, 0) is 61.8 Å². The molecule has 1 fully saturated rings. The molecular weight excluding hydrogens is 417 g/mol. The lowest BCUT2D eigenvalue weighted by Gasteiger charge is -2.26. The molecule has 0 radical (unpaired) electrons. The van der Waals surface area contributed by atoms with E-state index in [4.69, 9.17) is 5.41 Å². The molecule has 1 aliphatic rings. The lowest BCUT2D eigenvalue weighted by molar-refractivity contribution is -0.0583. The van der Waals surface area contributed by atoms with Crippen LogP contribution in [0.3, 0.4) is 0 Å². The molecule has 2 aromatic carbocycles. The largest absolute Gasteiger partial charge is 0.432 e. The zero-order valence-electron chi connectivity index (χ0n) is 17.7. The lowest BCUT2D eigenvalue weighted by atomic mass is 10.1. The fourth-order valence-electron chi connectivity index (χ4n) is 3.51. The minimum atomic E-state index is -4.75. The number of amides is 1. The molecule has 5 nitrogen and oxygen atoms in total. The molecule has 0 unspecified atom stereocenters. The third-order valence-corrected chi connectivity index (χ3v) is 5.27. The van der Waals surface area contributed by atoms with Crippen molar-refractivity contribution in [1.82, 2.24) is 10.2 Å². The van der Waals surface area contributed by atoms with Crippen LogP contribution in [0, 0.1) is 5.41 Å². The number of anilines is 1. The highest BCUT2D eigenvalue weighted by Crippen LogP contribution is 2.23. The topological polar surface area (TPSA) is 68.2 Å². The number of benzene rings is 2. The first-order valence-corrected chi connectivity index (χ1v) is 10.6. The minimum absolute atomic E-state index is 0.121. The second-order valence-corrected chi connectivity index (χ2v) is 7.70. The van der Waals surface area contributed by atoms with Gasteiger partial charge in [0, 0.05) is 30.0 Å². The van der Waals surface area contributed by atoms with E-state index in [0.29, 0.717) is 23.4 Å². The van der Waals surface area contributed by atoms with Crippen LogP contribution in [-0.2, 0) is 0 Å². The van der Waals surface area contributed by atoms with E-state index in [1.807, 2.05) is 0 Å². The van der Waals surface area contributed by atoms with Gasteiger partial charge in [0.05, 0.1) is 0 Å². The van der Waals surface area contributed by atoms with Crippen LogP contribution in [0.2, 0.25) is 0 Å². The van der Waals surface area contributed by atoms with E-state index in [2.05, 4.69) is 15.5 Å². The number of rotatable bonds is 8. The number of carbonyl (C=O) groups excluding carboxylic acids is 1. The van der Waals surface area contributed by atoms with Crippen molar-refractivity contribution in [2.45, 2.75) is 25.4 Å². The summed E-state index contributed by atoms with van der Waals surface area (Å²) in [5, 5.41) is 13.2. The van der Waals surface area contributed by atoms with Crippen LogP contribution in [0.25, 0.3) is 5.70 Å². The zero-order chi connectivity index (χ0) is 23.0. The maximum atomic E-state index is 12.9. The molecule has 3 N–H and O–H groups in total. The Labute approximate surface area is 185 Å². The summed E-state index contributed by atoms with van der Waals surface area (Å²) in [7, 11) is 0. The Morgan fingerprint density at radius 1 is 0.969 bits per heavy atom. The van der Waals surface area contributed by atoms with Crippen molar-refractivity contribution in [2.75, 3.05) is 31.5 Å². The first kappa shape index (κ1) is 23.5. The van der Waals surface area contributed by atoms with E-state index >= 15 is 0 Å². The van der Waals surface area contributed by atoms with Crippen molar-refractivity contribution in [2.24, 2.45) is 0 Å². The van der Waals surface area contributed by atoms with E-state index in [-0.39, 0.29) is 11.6 Å². The number of nitrogens with one attached hydrogen (secondary N) is 3. The van der Waals surface area contributed by atoms with Gasteiger partial charge < -0.3 is 15.5 Å². The molecule has 0 aliphatic carbocycles. The second kappa shape index (κ2) is 10.9. The molecule has 0 saturated carbocycles. The standard InChI is InChI=1S/C24H27F3N4O/c25-24(26,27)22(28)17-21(30-20-7-3-1-4-8-20)18-9-11-19(12-10-18)23(32)29-13-16-31-14-5-2-6-15-31/h1,3-4,7-12,17,28,30H,2,5-6,13-16H2,(H,29,32)/b21-17-,28-22?. The van der Waals surface area contributed by atoms with Gasteiger partial charge >= 0.3 is 6.18 Å². The number of halogens is 3. The predicted octanol–water partition coefficient (Wildman–Crippen LogP) is 4.94. The highest BCUT2D eigenvalue weighted by molar-refractivity contribution is 6.04. The molecule has 3 rings (SSSR count). The van der Waals surface area contributed by atoms with Crippen molar-refractivity contribution < 1.29 is 18.0 Å². The molecule has 32 heavy (non-hydrogen) atoms. The van der Waals surface area contributed by atoms with Crippen molar-refractivity contribution in [3.63, 3.8) is 0 Å². The fraction of sp³-hybridized carbons (Fsp3) is 0.333. The van der Waals surface area contributed by atoms with Crippen LogP contribution in [0.5, 0.6) is 0 Å². The molecule has 0 spiro atoms. The van der Waals surface area contributed by atoms with Gasteiger partial charge in [0.1, 0.15) is 5.71 Å². The normalized spacial score (nSPS) is 15.3. The fourth-order valence-corrected chi connectivity index (χ4v) is 3.51. The Hall–Kier alpha value is -3.13. The Kier molecular flexibility index (Phi) is 8.05. The van der Waals surface area contributed by atoms with Gasteiger partial charge in [-0.1, -0.05) is 36.8 Å². The number of alkyl halides is 3. The van der Waals surface area contributed by atoms with Gasteiger partial charge in [-0.2, -0.15) is 13.2 Å². The molecule has 0 atom stereocenters. The van der Waals surface area contributed by atoms with Crippen molar-refractivity contribution in [3.8, 4) is 0 Å². The Morgan fingerprint density at radius 2 is 1.59 bits per heavy atom. The number of likely N-dealkylation sites (tertiary alicyclic amines) is 1. The number of hydrogen-bond acceptors (Lipinski definition) is 4. The average molecular weight is 445 g/mol. The summed E-state index contributed by atoms with van der Waals surface area (Å²) in [6, 6.07) is 15.0. The second-order valence-electron chi connectivity index (χ2n) is 7.70. The number of carbonyl (C=O) groups is 1.